The van der Waals surface area contributed by atoms with Gasteiger partial charge in [0.25, 0.3) is 11.7 Å². The minimum Gasteiger partial charge on any atom is -0.507 e. The molecule has 0 unspecified atom stereocenters. The van der Waals surface area contributed by atoms with Crippen LogP contribution in [0.5, 0.6) is 17.2 Å². The van der Waals surface area contributed by atoms with E-state index in [1.54, 1.807) is 36.4 Å². The summed E-state index contributed by atoms with van der Waals surface area (Å²) in [7, 11) is 2.91. The lowest BCUT2D eigenvalue weighted by molar-refractivity contribution is -0.140. The van der Waals surface area contributed by atoms with Crippen LogP contribution in [0.25, 0.3) is 5.76 Å². The van der Waals surface area contributed by atoms with Gasteiger partial charge < -0.3 is 29.3 Å². The molecule has 2 aromatic carbocycles. The summed E-state index contributed by atoms with van der Waals surface area (Å²) in [5, 5.41) is 21.1. The van der Waals surface area contributed by atoms with Gasteiger partial charge >= 0.3 is 0 Å². The number of ether oxygens (including phenoxy) is 3. The molecule has 1 aliphatic heterocycles. The largest absolute Gasteiger partial charge is 0.507 e. The fourth-order valence-corrected chi connectivity index (χ4v) is 3.71. The standard InChI is InChI=1S/C25H29NO7/c1-4-5-13-33-18-9-6-16(7-10-18)23(28)21-22(17-8-11-19(27)20(15-17)32-3)26(12-14-31-2)25(30)24(21)29/h6-11,15,22,27-28H,4-5,12-14H2,1-3H3/t22-/m0/s1. The molecule has 2 aromatic rings. The predicted octanol–water partition coefficient (Wildman–Crippen LogP) is 3.65. The molecule has 33 heavy (non-hydrogen) atoms. The number of hydrogen-bond donors (Lipinski definition) is 2. The van der Waals surface area contributed by atoms with Crippen molar-refractivity contribution < 1.29 is 34.0 Å². The maximum atomic E-state index is 13.0. The Kier molecular flexibility index (Phi) is 7.95. The van der Waals surface area contributed by atoms with Gasteiger partial charge in [0.2, 0.25) is 0 Å². The van der Waals surface area contributed by atoms with E-state index in [-0.39, 0.29) is 36.0 Å². The van der Waals surface area contributed by atoms with Crippen molar-refractivity contribution in [3.05, 3.63) is 59.2 Å². The van der Waals surface area contributed by atoms with Gasteiger partial charge in [0.15, 0.2) is 11.5 Å². The van der Waals surface area contributed by atoms with Crippen LogP contribution in [0, 0.1) is 0 Å². The van der Waals surface area contributed by atoms with Crippen LogP contribution in [0.4, 0.5) is 0 Å². The van der Waals surface area contributed by atoms with Crippen molar-refractivity contribution >= 4 is 17.4 Å². The molecule has 8 nitrogen and oxygen atoms in total. The molecule has 2 N–H and O–H groups in total. The van der Waals surface area contributed by atoms with Crippen LogP contribution < -0.4 is 9.47 Å². The highest BCUT2D eigenvalue weighted by Crippen LogP contribution is 2.41. The summed E-state index contributed by atoms with van der Waals surface area (Å²) in [6.07, 6.45) is 1.95. The molecule has 176 valence electrons. The third-order valence-corrected chi connectivity index (χ3v) is 5.49. The van der Waals surface area contributed by atoms with Crippen LogP contribution in [0.3, 0.4) is 0 Å². The fraction of sp³-hybridized carbons (Fsp3) is 0.360. The molecule has 1 fully saturated rings. The Hall–Kier alpha value is -3.52. The van der Waals surface area contributed by atoms with Gasteiger partial charge in [-0.05, 0) is 48.4 Å². The van der Waals surface area contributed by atoms with E-state index in [9.17, 15) is 19.8 Å². The van der Waals surface area contributed by atoms with Crippen molar-refractivity contribution in [2.24, 2.45) is 0 Å². The number of Topliss-reactive ketones (excluding diaryl/α,β-unsaturated/α-hetero) is 1. The molecule has 1 saturated heterocycles. The molecule has 0 aromatic heterocycles. The minimum atomic E-state index is -0.866. The lowest BCUT2D eigenvalue weighted by Crippen LogP contribution is -2.32. The molecule has 1 heterocycles. The van der Waals surface area contributed by atoms with Gasteiger partial charge in [-0.15, -0.1) is 0 Å². The summed E-state index contributed by atoms with van der Waals surface area (Å²) >= 11 is 0. The lowest BCUT2D eigenvalue weighted by atomic mass is 9.95. The van der Waals surface area contributed by atoms with Crippen molar-refractivity contribution in [3.63, 3.8) is 0 Å². The number of phenols is 1. The van der Waals surface area contributed by atoms with Gasteiger partial charge in [0.05, 0.1) is 31.9 Å². The van der Waals surface area contributed by atoms with E-state index in [2.05, 4.69) is 6.92 Å². The zero-order valence-electron chi connectivity index (χ0n) is 19.0. The average Bonchev–Trinajstić information content (AvgIpc) is 3.08. The zero-order chi connectivity index (χ0) is 24.0. The maximum absolute atomic E-state index is 13.0. The fourth-order valence-electron chi connectivity index (χ4n) is 3.71. The number of carbonyl (C=O) groups is 2. The first kappa shape index (κ1) is 24.1. The number of phenolic OH excluding ortho intramolecular Hbond substituents is 1. The Morgan fingerprint density at radius 1 is 1.06 bits per heavy atom. The number of hydrogen-bond acceptors (Lipinski definition) is 7. The summed E-state index contributed by atoms with van der Waals surface area (Å²) in [4.78, 5) is 27.2. The van der Waals surface area contributed by atoms with E-state index in [0.717, 1.165) is 12.8 Å². The summed E-state index contributed by atoms with van der Waals surface area (Å²) in [6, 6.07) is 10.4. The van der Waals surface area contributed by atoms with Gasteiger partial charge in [0.1, 0.15) is 11.5 Å². The lowest BCUT2D eigenvalue weighted by Gasteiger charge is -2.25. The van der Waals surface area contributed by atoms with Crippen molar-refractivity contribution in [3.8, 4) is 17.2 Å². The summed E-state index contributed by atoms with van der Waals surface area (Å²) in [6.45, 7) is 3.03. The number of likely N-dealkylation sites (tertiary alicyclic amines) is 1. The second-order valence-corrected chi connectivity index (χ2v) is 7.64. The van der Waals surface area contributed by atoms with Gasteiger partial charge in [-0.25, -0.2) is 0 Å². The van der Waals surface area contributed by atoms with Crippen LogP contribution in [0.15, 0.2) is 48.0 Å². The van der Waals surface area contributed by atoms with Crippen molar-refractivity contribution in [1.82, 2.24) is 4.90 Å². The quantitative estimate of drug-likeness (QED) is 0.244. The van der Waals surface area contributed by atoms with Crippen molar-refractivity contribution in [1.29, 1.82) is 0 Å². The highest BCUT2D eigenvalue weighted by molar-refractivity contribution is 6.46. The first-order chi connectivity index (χ1) is 15.9. The number of aliphatic hydroxyl groups excluding tert-OH is 1. The number of ketones is 1. The molecule has 3 rings (SSSR count). The number of rotatable bonds is 10. The topological polar surface area (TPSA) is 106 Å². The smallest absolute Gasteiger partial charge is 0.295 e. The second-order valence-electron chi connectivity index (χ2n) is 7.64. The predicted molar refractivity (Wildman–Crippen MR) is 122 cm³/mol. The molecule has 8 heteroatoms. The summed E-state index contributed by atoms with van der Waals surface area (Å²) in [5.41, 5.74) is 0.864. The Morgan fingerprint density at radius 2 is 1.79 bits per heavy atom. The van der Waals surface area contributed by atoms with E-state index in [0.29, 0.717) is 23.5 Å². The van der Waals surface area contributed by atoms with Gasteiger partial charge in [-0.2, -0.15) is 0 Å². The monoisotopic (exact) mass is 455 g/mol. The van der Waals surface area contributed by atoms with Crippen LogP contribution in [-0.2, 0) is 14.3 Å². The number of benzene rings is 2. The van der Waals surface area contributed by atoms with E-state index in [1.165, 1.54) is 25.2 Å². The molecule has 1 aliphatic rings. The molecule has 1 amide bonds. The Morgan fingerprint density at radius 3 is 2.42 bits per heavy atom. The number of nitrogens with zero attached hydrogens (tertiary/aromatic N) is 1. The van der Waals surface area contributed by atoms with Gasteiger partial charge in [-0.1, -0.05) is 19.4 Å². The van der Waals surface area contributed by atoms with Crippen LogP contribution >= 0.6 is 0 Å². The summed E-state index contributed by atoms with van der Waals surface area (Å²) in [5.74, 6) is -1.04. The molecule has 1 atom stereocenters. The third kappa shape index (κ3) is 5.12. The average molecular weight is 456 g/mol. The van der Waals surface area contributed by atoms with E-state index in [4.69, 9.17) is 14.2 Å². The number of unbranched alkanes of at least 4 members (excludes halogenated alkanes) is 1. The van der Waals surface area contributed by atoms with Crippen molar-refractivity contribution in [2.45, 2.75) is 25.8 Å². The maximum Gasteiger partial charge on any atom is 0.295 e. The molecule has 0 saturated carbocycles. The first-order valence-electron chi connectivity index (χ1n) is 10.8. The van der Waals surface area contributed by atoms with Crippen LogP contribution in [0.1, 0.15) is 36.9 Å². The van der Waals surface area contributed by atoms with E-state index in [1.807, 2.05) is 0 Å². The first-order valence-corrected chi connectivity index (χ1v) is 10.8. The van der Waals surface area contributed by atoms with Gasteiger partial charge in [0, 0.05) is 19.2 Å². The number of aliphatic hydroxyl groups is 1. The highest BCUT2D eigenvalue weighted by atomic mass is 16.5. The Labute approximate surface area is 193 Å². The highest BCUT2D eigenvalue weighted by Gasteiger charge is 2.46. The number of aromatic hydroxyl groups is 1. The van der Waals surface area contributed by atoms with Crippen LogP contribution in [0.2, 0.25) is 0 Å². The second kappa shape index (κ2) is 10.9. The van der Waals surface area contributed by atoms with Crippen molar-refractivity contribution in [2.75, 3.05) is 34.0 Å². The molecular weight excluding hydrogens is 426 g/mol. The zero-order valence-corrected chi connectivity index (χ0v) is 19.0. The SMILES string of the molecule is CCCCOc1ccc(C(O)=C2C(=O)C(=O)N(CCOC)[C@H]2c2ccc(O)c(OC)c2)cc1. The van der Waals surface area contributed by atoms with E-state index >= 15 is 0 Å². The number of carbonyl (C=O) groups excluding carboxylic acids is 2. The molecule has 0 aliphatic carbocycles. The Bertz CT molecular complexity index is 1030. The van der Waals surface area contributed by atoms with Crippen LogP contribution in [-0.4, -0.2) is 60.8 Å². The number of methoxy groups -OCH3 is 2. The van der Waals surface area contributed by atoms with E-state index < -0.39 is 17.7 Å². The molecule has 0 bridgehead atoms. The minimum absolute atomic E-state index is 0.0384. The molecule has 0 radical (unpaired) electrons. The number of amides is 1. The normalized spacial score (nSPS) is 17.4. The molecule has 0 spiro atoms. The summed E-state index contributed by atoms with van der Waals surface area (Å²) < 4.78 is 16.0. The molecular formula is C25H29NO7. The third-order valence-electron chi connectivity index (χ3n) is 5.49. The van der Waals surface area contributed by atoms with Gasteiger partial charge in [-0.3, -0.25) is 9.59 Å². The Balaban J connectivity index is 2.05.